The maximum Gasteiger partial charge on any atom is 0.336 e. The summed E-state index contributed by atoms with van der Waals surface area (Å²) >= 11 is 0. The van der Waals surface area contributed by atoms with Gasteiger partial charge in [0.05, 0.1) is 5.69 Å². The number of carbonyl (C=O) groups excluding carboxylic acids is 1. The first-order chi connectivity index (χ1) is 11.2. The molecule has 7 nitrogen and oxygen atoms in total. The fraction of sp³-hybridized carbons (Fsp3) is 0.125. The quantitative estimate of drug-likeness (QED) is 0.780. The van der Waals surface area contributed by atoms with Crippen LogP contribution in [0.5, 0.6) is 6.01 Å². The van der Waals surface area contributed by atoms with E-state index >= 15 is 0 Å². The molecule has 0 fully saturated rings. The lowest BCUT2D eigenvalue weighted by Crippen LogP contribution is -2.30. The Bertz CT molecular complexity index is 773. The van der Waals surface area contributed by atoms with Crippen LogP contribution in [-0.2, 0) is 4.79 Å². The van der Waals surface area contributed by atoms with Crippen molar-refractivity contribution < 1.29 is 9.53 Å². The summed E-state index contributed by atoms with van der Waals surface area (Å²) in [5.41, 5.74) is 0.862. The second kappa shape index (κ2) is 6.69. The fourth-order valence-electron chi connectivity index (χ4n) is 1.88. The summed E-state index contributed by atoms with van der Waals surface area (Å²) in [6, 6.07) is 14.9. The lowest BCUT2D eigenvalue weighted by Gasteiger charge is -2.11. The molecule has 0 saturated carbocycles. The Morgan fingerprint density at radius 3 is 2.65 bits per heavy atom. The van der Waals surface area contributed by atoms with E-state index in [0.717, 1.165) is 5.69 Å². The van der Waals surface area contributed by atoms with Gasteiger partial charge < -0.3 is 10.1 Å². The molecule has 3 aromatic rings. The highest BCUT2D eigenvalue weighted by atomic mass is 16.5. The van der Waals surface area contributed by atoms with Crippen LogP contribution in [0.2, 0.25) is 0 Å². The molecule has 0 spiro atoms. The number of pyridine rings is 1. The summed E-state index contributed by atoms with van der Waals surface area (Å²) in [6.07, 6.45) is 2.39. The molecular weight excluding hydrogens is 294 g/mol. The number of nitrogens with one attached hydrogen (secondary N) is 1. The first-order valence-corrected chi connectivity index (χ1v) is 7.08. The number of hydrogen-bond acceptors (Lipinski definition) is 5. The van der Waals surface area contributed by atoms with E-state index in [-0.39, 0.29) is 11.9 Å². The molecule has 0 radical (unpaired) electrons. The normalized spacial score (nSPS) is 11.7. The van der Waals surface area contributed by atoms with Gasteiger partial charge in [0.1, 0.15) is 12.1 Å². The molecular formula is C16H15N5O2. The maximum atomic E-state index is 12.1. The van der Waals surface area contributed by atoms with Crippen LogP contribution in [0.1, 0.15) is 6.92 Å². The van der Waals surface area contributed by atoms with Crippen molar-refractivity contribution in [3.05, 3.63) is 61.1 Å². The highest BCUT2D eigenvalue weighted by Gasteiger charge is 2.17. The number of aromatic nitrogens is 4. The predicted molar refractivity (Wildman–Crippen MR) is 84.3 cm³/mol. The molecule has 1 amide bonds. The standard InChI is InChI=1S/C16H15N5O2/c1-12(15(22)19-14-9-5-6-10-17-14)23-16-18-11-21(20-16)13-7-3-2-4-8-13/h2-12H,1H3,(H,17,19,22). The van der Waals surface area contributed by atoms with Gasteiger partial charge in [0.15, 0.2) is 6.10 Å². The van der Waals surface area contributed by atoms with Crippen LogP contribution in [0.15, 0.2) is 61.1 Å². The minimum Gasteiger partial charge on any atom is -0.449 e. The molecule has 0 saturated heterocycles. The molecule has 116 valence electrons. The molecule has 1 aromatic carbocycles. The topological polar surface area (TPSA) is 81.9 Å². The van der Waals surface area contributed by atoms with Crippen molar-refractivity contribution in [3.63, 3.8) is 0 Å². The molecule has 1 N–H and O–H groups in total. The molecule has 23 heavy (non-hydrogen) atoms. The number of amides is 1. The monoisotopic (exact) mass is 309 g/mol. The lowest BCUT2D eigenvalue weighted by atomic mass is 10.3. The molecule has 1 atom stereocenters. The number of para-hydroxylation sites is 1. The first kappa shape index (κ1) is 14.7. The van der Waals surface area contributed by atoms with Gasteiger partial charge in [0.2, 0.25) is 0 Å². The number of hydrogen-bond donors (Lipinski definition) is 1. The van der Waals surface area contributed by atoms with E-state index in [1.807, 2.05) is 30.3 Å². The van der Waals surface area contributed by atoms with Crippen molar-refractivity contribution >= 4 is 11.7 Å². The lowest BCUT2D eigenvalue weighted by molar-refractivity contribution is -0.122. The number of anilines is 1. The Morgan fingerprint density at radius 1 is 1.13 bits per heavy atom. The Balaban J connectivity index is 1.63. The second-order valence-corrected chi connectivity index (χ2v) is 4.77. The van der Waals surface area contributed by atoms with Gasteiger partial charge in [-0.25, -0.2) is 9.67 Å². The molecule has 0 bridgehead atoms. The molecule has 1 unspecified atom stereocenters. The first-order valence-electron chi connectivity index (χ1n) is 7.08. The van der Waals surface area contributed by atoms with Crippen LogP contribution < -0.4 is 10.1 Å². The zero-order valence-corrected chi connectivity index (χ0v) is 12.5. The number of carbonyl (C=O) groups is 1. The van der Waals surface area contributed by atoms with E-state index < -0.39 is 6.10 Å². The summed E-state index contributed by atoms with van der Waals surface area (Å²) in [5, 5.41) is 6.86. The van der Waals surface area contributed by atoms with Crippen LogP contribution in [0.3, 0.4) is 0 Å². The van der Waals surface area contributed by atoms with E-state index in [9.17, 15) is 4.79 Å². The van der Waals surface area contributed by atoms with Gasteiger partial charge in [-0.05, 0) is 31.2 Å². The molecule has 0 aliphatic carbocycles. The van der Waals surface area contributed by atoms with Crippen LogP contribution in [0, 0.1) is 0 Å². The minimum atomic E-state index is -0.747. The van der Waals surface area contributed by atoms with Crippen LogP contribution in [0.4, 0.5) is 5.82 Å². The molecule has 2 heterocycles. The molecule has 0 aliphatic heterocycles. The number of benzene rings is 1. The van der Waals surface area contributed by atoms with Gasteiger partial charge in [-0.1, -0.05) is 24.3 Å². The number of rotatable bonds is 5. The van der Waals surface area contributed by atoms with Crippen molar-refractivity contribution in [1.29, 1.82) is 0 Å². The van der Waals surface area contributed by atoms with Gasteiger partial charge in [-0.2, -0.15) is 4.98 Å². The van der Waals surface area contributed by atoms with Crippen molar-refractivity contribution in [2.45, 2.75) is 13.0 Å². The van der Waals surface area contributed by atoms with E-state index in [1.54, 1.807) is 36.0 Å². The van der Waals surface area contributed by atoms with Gasteiger partial charge in [-0.3, -0.25) is 4.79 Å². The van der Waals surface area contributed by atoms with Crippen LogP contribution >= 0.6 is 0 Å². The zero-order chi connectivity index (χ0) is 16.1. The van der Waals surface area contributed by atoms with Gasteiger partial charge in [-0.15, -0.1) is 5.10 Å². The third-order valence-corrected chi connectivity index (χ3v) is 3.06. The zero-order valence-electron chi connectivity index (χ0n) is 12.5. The summed E-state index contributed by atoms with van der Waals surface area (Å²) in [6.45, 7) is 1.63. The maximum absolute atomic E-state index is 12.1. The third-order valence-electron chi connectivity index (χ3n) is 3.06. The smallest absolute Gasteiger partial charge is 0.336 e. The minimum absolute atomic E-state index is 0.137. The van der Waals surface area contributed by atoms with Gasteiger partial charge >= 0.3 is 6.01 Å². The largest absolute Gasteiger partial charge is 0.449 e. The van der Waals surface area contributed by atoms with Gasteiger partial charge in [0, 0.05) is 6.20 Å². The molecule has 3 rings (SSSR count). The van der Waals surface area contributed by atoms with Crippen LogP contribution in [-0.4, -0.2) is 31.8 Å². The Labute approximate surface area is 133 Å². The predicted octanol–water partition coefficient (Wildman–Crippen LogP) is 2.07. The third kappa shape index (κ3) is 3.70. The highest BCUT2D eigenvalue weighted by Crippen LogP contribution is 2.10. The fourth-order valence-corrected chi connectivity index (χ4v) is 1.88. The summed E-state index contributed by atoms with van der Waals surface area (Å²) in [4.78, 5) is 20.1. The molecule has 0 aliphatic rings. The van der Waals surface area contributed by atoms with Crippen molar-refractivity contribution in [1.82, 2.24) is 19.7 Å². The van der Waals surface area contributed by atoms with Crippen molar-refractivity contribution in [2.24, 2.45) is 0 Å². The van der Waals surface area contributed by atoms with Crippen LogP contribution in [0.25, 0.3) is 5.69 Å². The van der Waals surface area contributed by atoms with E-state index in [1.165, 1.54) is 6.33 Å². The Hall–Kier alpha value is -3.22. The highest BCUT2D eigenvalue weighted by molar-refractivity contribution is 5.93. The number of nitrogens with zero attached hydrogens (tertiary/aromatic N) is 4. The summed E-state index contributed by atoms with van der Waals surface area (Å²) < 4.78 is 7.05. The van der Waals surface area contributed by atoms with Gasteiger partial charge in [0.25, 0.3) is 5.91 Å². The summed E-state index contributed by atoms with van der Waals surface area (Å²) in [5.74, 6) is 0.149. The average Bonchev–Trinajstić information content (AvgIpc) is 3.05. The van der Waals surface area contributed by atoms with E-state index in [2.05, 4.69) is 20.4 Å². The van der Waals surface area contributed by atoms with Crippen molar-refractivity contribution in [3.8, 4) is 11.7 Å². The average molecular weight is 309 g/mol. The summed E-state index contributed by atoms with van der Waals surface area (Å²) in [7, 11) is 0. The Morgan fingerprint density at radius 2 is 1.91 bits per heavy atom. The number of ether oxygens (including phenoxy) is 1. The van der Waals surface area contributed by atoms with E-state index in [0.29, 0.717) is 5.82 Å². The molecule has 7 heteroatoms. The Kier molecular flexibility index (Phi) is 4.28. The molecule has 2 aromatic heterocycles. The second-order valence-electron chi connectivity index (χ2n) is 4.77. The van der Waals surface area contributed by atoms with Crippen molar-refractivity contribution in [2.75, 3.05) is 5.32 Å². The van der Waals surface area contributed by atoms with E-state index in [4.69, 9.17) is 4.74 Å². The SMILES string of the molecule is CC(Oc1ncn(-c2ccccc2)n1)C(=O)Nc1ccccn1.